The number of rotatable bonds is 5. The van der Waals surface area contributed by atoms with Crippen LogP contribution in [0.1, 0.15) is 32.6 Å². The summed E-state index contributed by atoms with van der Waals surface area (Å²) in [5.74, 6) is 0.110. The van der Waals surface area contributed by atoms with Gasteiger partial charge >= 0.3 is 0 Å². The molecule has 1 fully saturated rings. The fraction of sp³-hybridized carbons (Fsp3) is 0.643. The van der Waals surface area contributed by atoms with Crippen molar-refractivity contribution in [3.8, 4) is 0 Å². The van der Waals surface area contributed by atoms with E-state index in [0.29, 0.717) is 13.0 Å². The molecule has 0 saturated heterocycles. The number of hydrogen-bond acceptors (Lipinski definition) is 4. The molecule has 0 aliphatic heterocycles. The number of amides is 1. The molecule has 1 aromatic heterocycles. The van der Waals surface area contributed by atoms with Gasteiger partial charge in [0.15, 0.2) is 0 Å². The summed E-state index contributed by atoms with van der Waals surface area (Å²) in [5.41, 5.74) is 0.0553. The van der Waals surface area contributed by atoms with E-state index in [4.69, 9.17) is 10.7 Å². The van der Waals surface area contributed by atoms with Gasteiger partial charge < -0.3 is 5.32 Å². The molecule has 0 bridgehead atoms. The predicted octanol–water partition coefficient (Wildman–Crippen LogP) is 3.02. The van der Waals surface area contributed by atoms with Crippen molar-refractivity contribution >= 4 is 37.0 Å². The van der Waals surface area contributed by atoms with Crippen molar-refractivity contribution in [1.29, 1.82) is 0 Å². The SMILES string of the molecule is CC1(C)C(C(=O)NCCc2ccc(S(=O)(=O)Cl)s2)C1(C)C. The van der Waals surface area contributed by atoms with Crippen LogP contribution >= 0.6 is 22.0 Å². The highest BCUT2D eigenvalue weighted by molar-refractivity contribution is 8.15. The van der Waals surface area contributed by atoms with E-state index >= 15 is 0 Å². The van der Waals surface area contributed by atoms with Gasteiger partial charge in [-0.2, -0.15) is 0 Å². The van der Waals surface area contributed by atoms with E-state index in [1.54, 1.807) is 6.07 Å². The molecule has 0 atom stereocenters. The number of carbonyl (C=O) groups excluding carboxylic acids is 1. The van der Waals surface area contributed by atoms with Crippen LogP contribution in [0.3, 0.4) is 0 Å². The molecule has 4 nitrogen and oxygen atoms in total. The zero-order valence-corrected chi connectivity index (χ0v) is 15.0. The van der Waals surface area contributed by atoms with Crippen LogP contribution in [0, 0.1) is 16.7 Å². The van der Waals surface area contributed by atoms with E-state index in [1.165, 1.54) is 6.07 Å². The molecule has 1 heterocycles. The zero-order valence-electron chi connectivity index (χ0n) is 12.6. The van der Waals surface area contributed by atoms with Crippen LogP contribution in [0.5, 0.6) is 0 Å². The zero-order chi connectivity index (χ0) is 16.1. The van der Waals surface area contributed by atoms with Crippen LogP contribution < -0.4 is 5.32 Å². The monoisotopic (exact) mass is 349 g/mol. The molecule has 1 aromatic rings. The van der Waals surface area contributed by atoms with Gasteiger partial charge in [0.1, 0.15) is 4.21 Å². The van der Waals surface area contributed by atoms with Crippen LogP contribution in [-0.2, 0) is 20.3 Å². The Labute approximate surface area is 134 Å². The summed E-state index contributed by atoms with van der Waals surface area (Å²) in [6, 6.07) is 3.23. The van der Waals surface area contributed by atoms with Crippen molar-refractivity contribution in [2.45, 2.75) is 38.3 Å². The minimum atomic E-state index is -3.65. The summed E-state index contributed by atoms with van der Waals surface area (Å²) in [4.78, 5) is 13.1. The Morgan fingerprint density at radius 2 is 1.86 bits per heavy atom. The quantitative estimate of drug-likeness (QED) is 0.831. The molecule has 0 aromatic carbocycles. The Hall–Kier alpha value is -0.590. The van der Waals surface area contributed by atoms with Gasteiger partial charge in [0.2, 0.25) is 5.91 Å². The highest BCUT2D eigenvalue weighted by atomic mass is 35.7. The van der Waals surface area contributed by atoms with Crippen LogP contribution in [0.15, 0.2) is 16.3 Å². The number of halogens is 1. The molecule has 1 amide bonds. The first kappa shape index (κ1) is 16.8. The summed E-state index contributed by atoms with van der Waals surface area (Å²) in [6.45, 7) is 8.92. The maximum atomic E-state index is 12.2. The standard InChI is InChI=1S/C14H20ClNO3S2/c1-13(2)11(14(13,3)4)12(17)16-8-7-9-5-6-10(20-9)21(15,18)19/h5-6,11H,7-8H2,1-4H3,(H,16,17). The summed E-state index contributed by atoms with van der Waals surface area (Å²) in [6.07, 6.45) is 0.608. The van der Waals surface area contributed by atoms with Crippen LogP contribution in [-0.4, -0.2) is 20.9 Å². The van der Waals surface area contributed by atoms with Gasteiger partial charge in [-0.3, -0.25) is 4.79 Å². The molecule has 2 rings (SSSR count). The second-order valence-electron chi connectivity index (χ2n) is 6.58. The third-order valence-electron chi connectivity index (χ3n) is 4.83. The second-order valence-corrected chi connectivity index (χ2v) is 10.5. The van der Waals surface area contributed by atoms with E-state index in [2.05, 4.69) is 33.0 Å². The molecule has 21 heavy (non-hydrogen) atoms. The molecular weight excluding hydrogens is 330 g/mol. The fourth-order valence-electron chi connectivity index (χ4n) is 2.89. The lowest BCUT2D eigenvalue weighted by molar-refractivity contribution is -0.123. The lowest BCUT2D eigenvalue weighted by atomic mass is 10.0. The van der Waals surface area contributed by atoms with E-state index in [0.717, 1.165) is 16.2 Å². The van der Waals surface area contributed by atoms with E-state index in [1.807, 2.05) is 0 Å². The molecule has 0 radical (unpaired) electrons. The summed E-state index contributed by atoms with van der Waals surface area (Å²) in [5, 5.41) is 2.94. The first-order valence-electron chi connectivity index (χ1n) is 6.79. The van der Waals surface area contributed by atoms with Gasteiger partial charge in [-0.1, -0.05) is 27.7 Å². The average Bonchev–Trinajstić information content (AvgIpc) is 2.68. The first-order chi connectivity index (χ1) is 9.48. The molecule has 0 spiro atoms. The summed E-state index contributed by atoms with van der Waals surface area (Å²) < 4.78 is 22.5. The normalized spacial score (nSPS) is 20.2. The molecule has 118 valence electrons. The van der Waals surface area contributed by atoms with Crippen LogP contribution in [0.25, 0.3) is 0 Å². The van der Waals surface area contributed by atoms with Crippen molar-refractivity contribution in [2.75, 3.05) is 6.54 Å². The van der Waals surface area contributed by atoms with Gasteiger partial charge in [-0.05, 0) is 29.4 Å². The average molecular weight is 350 g/mol. The van der Waals surface area contributed by atoms with Gasteiger partial charge in [-0.25, -0.2) is 8.42 Å². The number of nitrogens with one attached hydrogen (secondary N) is 1. The molecule has 1 aliphatic carbocycles. The lowest BCUT2D eigenvalue weighted by Gasteiger charge is -2.05. The lowest BCUT2D eigenvalue weighted by Crippen LogP contribution is -2.29. The highest BCUT2D eigenvalue weighted by Crippen LogP contribution is 2.68. The Bertz CT molecular complexity index is 648. The molecule has 1 saturated carbocycles. The smallest absolute Gasteiger partial charge is 0.270 e. The molecule has 1 N–H and O–H groups in total. The van der Waals surface area contributed by atoms with Gasteiger partial charge in [0.25, 0.3) is 9.05 Å². The Morgan fingerprint density at radius 3 is 2.29 bits per heavy atom. The van der Waals surface area contributed by atoms with E-state index in [9.17, 15) is 13.2 Å². The summed E-state index contributed by atoms with van der Waals surface area (Å²) in [7, 11) is 1.63. The topological polar surface area (TPSA) is 63.2 Å². The number of thiophene rings is 1. The van der Waals surface area contributed by atoms with Crippen molar-refractivity contribution in [2.24, 2.45) is 16.7 Å². The van der Waals surface area contributed by atoms with Gasteiger partial charge in [0, 0.05) is 28.0 Å². The minimum Gasteiger partial charge on any atom is -0.355 e. The summed E-state index contributed by atoms with van der Waals surface area (Å²) >= 11 is 1.14. The van der Waals surface area contributed by atoms with Crippen LogP contribution in [0.4, 0.5) is 0 Å². The van der Waals surface area contributed by atoms with Crippen molar-refractivity contribution in [3.63, 3.8) is 0 Å². The van der Waals surface area contributed by atoms with E-state index in [-0.39, 0.29) is 26.9 Å². The van der Waals surface area contributed by atoms with Crippen molar-refractivity contribution in [1.82, 2.24) is 5.32 Å². The predicted molar refractivity (Wildman–Crippen MR) is 85.1 cm³/mol. The molecular formula is C14H20ClNO3S2. The van der Waals surface area contributed by atoms with E-state index < -0.39 is 9.05 Å². The fourth-order valence-corrected chi connectivity index (χ4v) is 5.01. The maximum Gasteiger partial charge on any atom is 0.270 e. The number of carbonyl (C=O) groups is 1. The Kier molecular flexibility index (Phi) is 4.19. The largest absolute Gasteiger partial charge is 0.355 e. The molecule has 7 heteroatoms. The highest BCUT2D eigenvalue weighted by Gasteiger charge is 2.68. The maximum absolute atomic E-state index is 12.2. The van der Waals surface area contributed by atoms with Gasteiger partial charge in [0.05, 0.1) is 0 Å². The third kappa shape index (κ3) is 3.12. The van der Waals surface area contributed by atoms with Gasteiger partial charge in [-0.15, -0.1) is 11.3 Å². The van der Waals surface area contributed by atoms with Crippen molar-refractivity contribution < 1.29 is 13.2 Å². The first-order valence-corrected chi connectivity index (χ1v) is 9.91. The minimum absolute atomic E-state index is 0.0277. The molecule has 0 unspecified atom stereocenters. The van der Waals surface area contributed by atoms with Crippen LogP contribution in [0.2, 0.25) is 0 Å². The number of hydrogen-bond donors (Lipinski definition) is 1. The van der Waals surface area contributed by atoms with Crippen molar-refractivity contribution in [3.05, 3.63) is 17.0 Å². The third-order valence-corrected chi connectivity index (χ3v) is 8.07. The second kappa shape index (κ2) is 5.25. The molecule has 1 aliphatic rings. The Morgan fingerprint density at radius 1 is 1.29 bits per heavy atom. The Balaban J connectivity index is 1.86.